The van der Waals surface area contributed by atoms with Crippen LogP contribution < -0.4 is 0 Å². The zero-order valence-electron chi connectivity index (χ0n) is 10.7. The van der Waals surface area contributed by atoms with Gasteiger partial charge in [0, 0.05) is 24.5 Å². The molecule has 0 radical (unpaired) electrons. The van der Waals surface area contributed by atoms with Crippen LogP contribution in [0.1, 0.15) is 34.1 Å². The average Bonchev–Trinajstić information content (AvgIpc) is 2.07. The number of azide groups is 1. The van der Waals surface area contributed by atoms with E-state index >= 15 is 0 Å². The smallest absolute Gasteiger partial charge is 0.0760 e. The quantitative estimate of drug-likeness (QED) is 0.320. The molecule has 1 saturated heterocycles. The first kappa shape index (κ1) is 13.3. The Morgan fingerprint density at radius 2 is 1.81 bits per heavy atom. The largest absolute Gasteiger partial charge is 0.367 e. The van der Waals surface area contributed by atoms with Gasteiger partial charge in [-0.05, 0) is 46.2 Å². The summed E-state index contributed by atoms with van der Waals surface area (Å²) in [5.74, 6) is 0. The van der Waals surface area contributed by atoms with Gasteiger partial charge in [0.15, 0.2) is 0 Å². The van der Waals surface area contributed by atoms with Gasteiger partial charge in [0.25, 0.3) is 0 Å². The summed E-state index contributed by atoms with van der Waals surface area (Å²) in [5.41, 5.74) is 8.00. The van der Waals surface area contributed by atoms with Crippen molar-refractivity contribution >= 4 is 0 Å². The molecule has 0 aromatic rings. The van der Waals surface area contributed by atoms with Gasteiger partial charge < -0.3 is 4.74 Å². The number of hydrogen-bond acceptors (Lipinski definition) is 3. The molecule has 1 heterocycles. The Hall–Kier alpha value is -0.770. The van der Waals surface area contributed by atoms with Crippen LogP contribution in [0, 0.1) is 0 Å². The van der Waals surface area contributed by atoms with E-state index in [2.05, 4.69) is 42.6 Å². The predicted molar refractivity (Wildman–Crippen MR) is 64.3 cm³/mol. The second-order valence-electron chi connectivity index (χ2n) is 5.64. The molecule has 5 nitrogen and oxygen atoms in total. The van der Waals surface area contributed by atoms with Gasteiger partial charge in [-0.15, -0.1) is 0 Å². The predicted octanol–water partition coefficient (Wildman–Crippen LogP) is 2.58. The lowest BCUT2D eigenvalue weighted by Crippen LogP contribution is -2.57. The fraction of sp³-hybridized carbons (Fsp3) is 1.00. The van der Waals surface area contributed by atoms with Crippen LogP contribution in [0.3, 0.4) is 0 Å². The lowest BCUT2D eigenvalue weighted by Gasteiger charge is -2.47. The second-order valence-corrected chi connectivity index (χ2v) is 5.64. The summed E-state index contributed by atoms with van der Waals surface area (Å²) in [6, 6.07) is 0. The molecular formula is C11H22N4O. The maximum Gasteiger partial charge on any atom is 0.0760 e. The first-order valence-electron chi connectivity index (χ1n) is 5.78. The van der Waals surface area contributed by atoms with E-state index in [0.29, 0.717) is 6.54 Å². The fourth-order valence-electron chi connectivity index (χ4n) is 2.51. The second kappa shape index (κ2) is 5.04. The van der Waals surface area contributed by atoms with Crippen LogP contribution in [0.4, 0.5) is 0 Å². The molecule has 1 aliphatic rings. The highest BCUT2D eigenvalue weighted by Gasteiger charge is 2.37. The van der Waals surface area contributed by atoms with Gasteiger partial charge in [-0.3, -0.25) is 4.90 Å². The van der Waals surface area contributed by atoms with Crippen LogP contribution in [-0.2, 0) is 4.74 Å². The third-order valence-corrected chi connectivity index (χ3v) is 2.56. The van der Waals surface area contributed by atoms with Crippen molar-refractivity contribution in [1.29, 1.82) is 0 Å². The molecule has 0 atom stereocenters. The average molecular weight is 226 g/mol. The van der Waals surface area contributed by atoms with Crippen molar-refractivity contribution in [3.63, 3.8) is 0 Å². The van der Waals surface area contributed by atoms with Crippen LogP contribution in [0.25, 0.3) is 10.4 Å². The first-order valence-corrected chi connectivity index (χ1v) is 5.78. The summed E-state index contributed by atoms with van der Waals surface area (Å²) in [6.07, 6.45) is 0.913. The topological polar surface area (TPSA) is 61.2 Å². The van der Waals surface area contributed by atoms with Crippen molar-refractivity contribution in [3.05, 3.63) is 10.4 Å². The lowest BCUT2D eigenvalue weighted by molar-refractivity contribution is -0.180. The Morgan fingerprint density at radius 1 is 1.25 bits per heavy atom. The summed E-state index contributed by atoms with van der Waals surface area (Å²) in [7, 11) is 0. The van der Waals surface area contributed by atoms with Crippen molar-refractivity contribution in [2.45, 2.75) is 45.3 Å². The van der Waals surface area contributed by atoms with Gasteiger partial charge in [0.05, 0.1) is 11.2 Å². The molecule has 16 heavy (non-hydrogen) atoms. The molecule has 0 aromatic carbocycles. The monoisotopic (exact) mass is 226 g/mol. The molecule has 0 spiro atoms. The number of ether oxygens (including phenoxy) is 1. The van der Waals surface area contributed by atoms with E-state index in [-0.39, 0.29) is 11.2 Å². The van der Waals surface area contributed by atoms with Crippen molar-refractivity contribution in [1.82, 2.24) is 4.90 Å². The first-order chi connectivity index (χ1) is 7.35. The molecule has 5 heteroatoms. The Morgan fingerprint density at radius 3 is 2.31 bits per heavy atom. The maximum atomic E-state index is 8.19. The molecule has 1 rings (SSSR count). The minimum Gasteiger partial charge on any atom is -0.367 e. The molecule has 0 N–H and O–H groups in total. The molecular weight excluding hydrogens is 204 g/mol. The van der Waals surface area contributed by atoms with Crippen LogP contribution in [0.2, 0.25) is 0 Å². The number of rotatable bonds is 4. The van der Waals surface area contributed by atoms with Gasteiger partial charge in [-0.25, -0.2) is 0 Å². The third-order valence-electron chi connectivity index (χ3n) is 2.56. The molecule has 1 fully saturated rings. The normalized spacial score (nSPS) is 23.8. The van der Waals surface area contributed by atoms with E-state index < -0.39 is 0 Å². The summed E-state index contributed by atoms with van der Waals surface area (Å²) < 4.78 is 6.00. The summed E-state index contributed by atoms with van der Waals surface area (Å²) >= 11 is 0. The van der Waals surface area contributed by atoms with E-state index in [1.807, 2.05) is 0 Å². The van der Waals surface area contributed by atoms with Crippen molar-refractivity contribution in [2.24, 2.45) is 5.11 Å². The Labute approximate surface area is 97.4 Å². The molecule has 0 aromatic heterocycles. The summed E-state index contributed by atoms with van der Waals surface area (Å²) in [6.45, 7) is 11.9. The van der Waals surface area contributed by atoms with Gasteiger partial charge in [-0.1, -0.05) is 5.11 Å². The molecule has 0 bridgehead atoms. The number of hydrogen-bond donors (Lipinski definition) is 0. The van der Waals surface area contributed by atoms with E-state index in [4.69, 9.17) is 10.3 Å². The number of morpholine rings is 1. The zero-order chi connectivity index (χ0) is 12.2. The Balaban J connectivity index is 2.44. The Kier molecular flexibility index (Phi) is 4.19. The van der Waals surface area contributed by atoms with Gasteiger partial charge in [0.2, 0.25) is 0 Å². The fourth-order valence-corrected chi connectivity index (χ4v) is 2.51. The molecule has 1 aliphatic heterocycles. The van der Waals surface area contributed by atoms with Gasteiger partial charge in [0.1, 0.15) is 0 Å². The van der Waals surface area contributed by atoms with E-state index in [1.165, 1.54) is 0 Å². The molecule has 0 amide bonds. The standard InChI is InChI=1S/C11H22N4O/c1-10(2)8-15(7-5-6-13-14-12)9-11(3,4)16-10/h5-9H2,1-4H3. The molecule has 0 saturated carbocycles. The highest BCUT2D eigenvalue weighted by atomic mass is 16.5. The minimum atomic E-state index is -0.0970. The van der Waals surface area contributed by atoms with Crippen molar-refractivity contribution < 1.29 is 4.74 Å². The van der Waals surface area contributed by atoms with Gasteiger partial charge in [-0.2, -0.15) is 0 Å². The van der Waals surface area contributed by atoms with E-state index in [0.717, 1.165) is 26.1 Å². The SMILES string of the molecule is CC1(C)CN(CCCN=[N+]=[N-])CC(C)(C)O1. The lowest BCUT2D eigenvalue weighted by atomic mass is 9.99. The zero-order valence-corrected chi connectivity index (χ0v) is 10.7. The van der Waals surface area contributed by atoms with Gasteiger partial charge >= 0.3 is 0 Å². The number of nitrogens with zero attached hydrogens (tertiary/aromatic N) is 4. The van der Waals surface area contributed by atoms with Crippen LogP contribution in [-0.4, -0.2) is 42.3 Å². The third kappa shape index (κ3) is 4.39. The van der Waals surface area contributed by atoms with E-state index in [1.54, 1.807) is 0 Å². The minimum absolute atomic E-state index is 0.0970. The highest BCUT2D eigenvalue weighted by Crippen LogP contribution is 2.27. The van der Waals surface area contributed by atoms with E-state index in [9.17, 15) is 0 Å². The molecule has 0 unspecified atom stereocenters. The highest BCUT2D eigenvalue weighted by molar-refractivity contribution is 4.88. The van der Waals surface area contributed by atoms with Crippen LogP contribution in [0.15, 0.2) is 5.11 Å². The summed E-state index contributed by atoms with van der Waals surface area (Å²) in [4.78, 5) is 5.14. The van der Waals surface area contributed by atoms with Crippen molar-refractivity contribution in [2.75, 3.05) is 26.2 Å². The maximum absolute atomic E-state index is 8.19. The van der Waals surface area contributed by atoms with Crippen molar-refractivity contribution in [3.8, 4) is 0 Å². The molecule has 92 valence electrons. The molecule has 0 aliphatic carbocycles. The summed E-state index contributed by atoms with van der Waals surface area (Å²) in [5, 5.41) is 3.55. The Bertz CT molecular complexity index is 266. The van der Waals surface area contributed by atoms with Crippen LogP contribution in [0.5, 0.6) is 0 Å². The van der Waals surface area contributed by atoms with Crippen LogP contribution >= 0.6 is 0 Å².